The second kappa shape index (κ2) is 10.0. The van der Waals surface area contributed by atoms with E-state index in [0.29, 0.717) is 22.4 Å². The Morgan fingerprint density at radius 1 is 0.778 bits per heavy atom. The van der Waals surface area contributed by atoms with Crippen LogP contribution in [0.15, 0.2) is 82.6 Å². The molecule has 0 aliphatic rings. The molecule has 0 aliphatic heterocycles. The molecule has 0 aromatic heterocycles. The van der Waals surface area contributed by atoms with Crippen molar-refractivity contribution in [3.8, 4) is 16.9 Å². The maximum absolute atomic E-state index is 12.7. The Morgan fingerprint density at radius 3 is 2.11 bits per heavy atom. The Bertz CT molecular complexity index is 1640. The molecule has 0 bridgehead atoms. The summed E-state index contributed by atoms with van der Waals surface area (Å²) in [5, 5.41) is 1.61. The number of benzene rings is 4. The highest BCUT2D eigenvalue weighted by molar-refractivity contribution is 7.86. The minimum absolute atomic E-state index is 0.0558. The number of hydrogen-bond donors (Lipinski definition) is 1. The normalized spacial score (nSPS) is 12.1. The quantitative estimate of drug-likeness (QED) is 0.244. The molecule has 0 unspecified atom stereocenters. The van der Waals surface area contributed by atoms with Crippen molar-refractivity contribution in [1.29, 1.82) is 0 Å². The summed E-state index contributed by atoms with van der Waals surface area (Å²) in [6.45, 7) is 3.50. The SMILES string of the molecule is COc1ccc2ccc(-c3cc(C)ccc3S(=O)(=O)O)c(CCOS(=O)(=O)c3ccc(C)cc3)c2c1. The van der Waals surface area contributed by atoms with Crippen LogP contribution in [-0.4, -0.2) is 35.1 Å². The standard InChI is InChI=1S/C27H26O7S2/c1-18-4-10-22(11-5-18)36(31,32)34-15-14-24-23(12-8-20-7-9-21(33-3)17-25(20)24)26-16-19(2)6-13-27(26)35(28,29)30/h4-13,16-17H,14-15H2,1-3H3,(H,28,29,30). The van der Waals surface area contributed by atoms with Gasteiger partial charge in [0.15, 0.2) is 0 Å². The molecule has 9 heteroatoms. The molecule has 4 aromatic rings. The van der Waals surface area contributed by atoms with E-state index in [1.165, 1.54) is 18.2 Å². The Balaban J connectivity index is 1.82. The average molecular weight is 527 g/mol. The number of fused-ring (bicyclic) bond motifs is 1. The van der Waals surface area contributed by atoms with Crippen molar-refractivity contribution in [2.45, 2.75) is 30.1 Å². The van der Waals surface area contributed by atoms with Crippen LogP contribution in [0.4, 0.5) is 0 Å². The van der Waals surface area contributed by atoms with Crippen molar-refractivity contribution in [2.24, 2.45) is 0 Å². The maximum Gasteiger partial charge on any atom is 0.296 e. The minimum Gasteiger partial charge on any atom is -0.497 e. The van der Waals surface area contributed by atoms with Crippen molar-refractivity contribution in [1.82, 2.24) is 0 Å². The maximum atomic E-state index is 12.7. The molecule has 0 atom stereocenters. The fraction of sp³-hybridized carbons (Fsp3) is 0.185. The van der Waals surface area contributed by atoms with Gasteiger partial charge in [0.25, 0.3) is 20.2 Å². The molecule has 0 aliphatic carbocycles. The summed E-state index contributed by atoms with van der Waals surface area (Å²) in [4.78, 5) is -0.176. The first-order valence-electron chi connectivity index (χ1n) is 11.1. The summed E-state index contributed by atoms with van der Waals surface area (Å²) >= 11 is 0. The van der Waals surface area contributed by atoms with Gasteiger partial charge in [-0.15, -0.1) is 0 Å². The second-order valence-electron chi connectivity index (χ2n) is 8.49. The highest BCUT2D eigenvalue weighted by Crippen LogP contribution is 2.36. The third-order valence-corrected chi connectivity index (χ3v) is 8.18. The third kappa shape index (κ3) is 5.44. The molecule has 188 valence electrons. The molecule has 0 fully saturated rings. The van der Waals surface area contributed by atoms with Gasteiger partial charge in [0.2, 0.25) is 0 Å². The van der Waals surface area contributed by atoms with Gasteiger partial charge in [0.05, 0.1) is 18.6 Å². The topological polar surface area (TPSA) is 107 Å². The second-order valence-corrected chi connectivity index (χ2v) is 11.5. The van der Waals surface area contributed by atoms with Gasteiger partial charge in [-0.05, 0) is 72.5 Å². The van der Waals surface area contributed by atoms with Crippen LogP contribution >= 0.6 is 0 Å². The van der Waals surface area contributed by atoms with E-state index < -0.39 is 20.2 Å². The van der Waals surface area contributed by atoms with Crippen LogP contribution in [0, 0.1) is 13.8 Å². The summed E-state index contributed by atoms with van der Waals surface area (Å²) in [6.07, 6.45) is 0.157. The van der Waals surface area contributed by atoms with Gasteiger partial charge in [-0.2, -0.15) is 16.8 Å². The average Bonchev–Trinajstić information content (AvgIpc) is 2.83. The van der Waals surface area contributed by atoms with Crippen LogP contribution in [0.2, 0.25) is 0 Å². The zero-order chi connectivity index (χ0) is 26.1. The van der Waals surface area contributed by atoms with E-state index in [-0.39, 0.29) is 22.8 Å². The fourth-order valence-electron chi connectivity index (χ4n) is 4.12. The summed E-state index contributed by atoms with van der Waals surface area (Å²) in [6, 6.07) is 20.1. The number of aryl methyl sites for hydroxylation is 2. The molecule has 0 saturated carbocycles. The van der Waals surface area contributed by atoms with Crippen LogP contribution in [0.3, 0.4) is 0 Å². The van der Waals surface area contributed by atoms with E-state index in [1.807, 2.05) is 32.0 Å². The Hall–Kier alpha value is -3.24. The Morgan fingerprint density at radius 2 is 1.44 bits per heavy atom. The zero-order valence-corrected chi connectivity index (χ0v) is 21.7. The summed E-state index contributed by atoms with van der Waals surface area (Å²) < 4.78 is 70.4. The highest BCUT2D eigenvalue weighted by atomic mass is 32.2. The van der Waals surface area contributed by atoms with Crippen molar-refractivity contribution < 1.29 is 30.3 Å². The van der Waals surface area contributed by atoms with Crippen LogP contribution in [0.25, 0.3) is 21.9 Å². The molecule has 4 aromatic carbocycles. The van der Waals surface area contributed by atoms with E-state index in [4.69, 9.17) is 8.92 Å². The van der Waals surface area contributed by atoms with Gasteiger partial charge < -0.3 is 4.74 Å². The largest absolute Gasteiger partial charge is 0.497 e. The molecule has 0 saturated heterocycles. The number of methoxy groups -OCH3 is 1. The first-order chi connectivity index (χ1) is 17.0. The Kier molecular flexibility index (Phi) is 7.19. The lowest BCUT2D eigenvalue weighted by Gasteiger charge is -2.17. The van der Waals surface area contributed by atoms with Crippen molar-refractivity contribution in [3.05, 3.63) is 89.5 Å². The molecule has 0 amide bonds. The van der Waals surface area contributed by atoms with E-state index >= 15 is 0 Å². The number of rotatable bonds is 8. The van der Waals surface area contributed by atoms with E-state index in [1.54, 1.807) is 43.5 Å². The lowest BCUT2D eigenvalue weighted by molar-refractivity contribution is 0.322. The smallest absolute Gasteiger partial charge is 0.296 e. The molecule has 36 heavy (non-hydrogen) atoms. The third-order valence-electron chi connectivity index (χ3n) is 5.94. The molecular weight excluding hydrogens is 500 g/mol. The first-order valence-corrected chi connectivity index (χ1v) is 14.0. The van der Waals surface area contributed by atoms with E-state index in [9.17, 15) is 21.4 Å². The molecule has 4 rings (SSSR count). The van der Waals surface area contributed by atoms with E-state index in [0.717, 1.165) is 21.9 Å². The lowest BCUT2D eigenvalue weighted by atomic mass is 9.91. The van der Waals surface area contributed by atoms with Crippen LogP contribution in [-0.2, 0) is 30.8 Å². The Labute approximate surface area is 211 Å². The van der Waals surface area contributed by atoms with Crippen molar-refractivity contribution >= 4 is 31.0 Å². The van der Waals surface area contributed by atoms with Gasteiger partial charge in [-0.1, -0.05) is 53.6 Å². The van der Waals surface area contributed by atoms with Crippen LogP contribution in [0.1, 0.15) is 16.7 Å². The molecule has 7 nitrogen and oxygen atoms in total. The molecule has 0 heterocycles. The van der Waals surface area contributed by atoms with E-state index in [2.05, 4.69) is 0 Å². The number of ether oxygens (including phenoxy) is 1. The predicted octanol–water partition coefficient (Wildman–Crippen LogP) is 5.33. The fourth-order valence-corrected chi connectivity index (χ4v) is 5.71. The minimum atomic E-state index is -4.52. The van der Waals surface area contributed by atoms with Crippen molar-refractivity contribution in [3.63, 3.8) is 0 Å². The molecule has 0 radical (unpaired) electrons. The number of hydrogen-bond acceptors (Lipinski definition) is 6. The van der Waals surface area contributed by atoms with Crippen LogP contribution in [0.5, 0.6) is 5.75 Å². The van der Waals surface area contributed by atoms with Gasteiger partial charge in [0, 0.05) is 5.56 Å². The van der Waals surface area contributed by atoms with Gasteiger partial charge in [-0.25, -0.2) is 0 Å². The molecule has 1 N–H and O–H groups in total. The summed E-state index contributed by atoms with van der Waals surface area (Å²) in [5.74, 6) is 0.591. The first kappa shape index (κ1) is 25.8. The molecule has 0 spiro atoms. The summed E-state index contributed by atoms with van der Waals surface area (Å²) in [5.41, 5.74) is 3.26. The van der Waals surface area contributed by atoms with Gasteiger partial charge in [-0.3, -0.25) is 8.74 Å². The lowest BCUT2D eigenvalue weighted by Crippen LogP contribution is -2.10. The van der Waals surface area contributed by atoms with Gasteiger partial charge >= 0.3 is 0 Å². The molecular formula is C27H26O7S2. The monoisotopic (exact) mass is 526 g/mol. The highest BCUT2D eigenvalue weighted by Gasteiger charge is 2.21. The zero-order valence-electron chi connectivity index (χ0n) is 20.1. The van der Waals surface area contributed by atoms with Crippen LogP contribution < -0.4 is 4.74 Å². The van der Waals surface area contributed by atoms with Crippen molar-refractivity contribution in [2.75, 3.05) is 13.7 Å². The van der Waals surface area contributed by atoms with Gasteiger partial charge in [0.1, 0.15) is 10.6 Å². The summed E-state index contributed by atoms with van der Waals surface area (Å²) in [7, 11) is -6.97. The predicted molar refractivity (Wildman–Crippen MR) is 139 cm³/mol.